The molecule has 13 heteroatoms. The Morgan fingerprint density at radius 1 is 1.12 bits per heavy atom. The summed E-state index contributed by atoms with van der Waals surface area (Å²) in [4.78, 5) is 51.6. The summed E-state index contributed by atoms with van der Waals surface area (Å²) in [7, 11) is 0. The van der Waals surface area contributed by atoms with E-state index in [2.05, 4.69) is 10.6 Å². The van der Waals surface area contributed by atoms with Crippen LogP contribution in [0.3, 0.4) is 0 Å². The molecule has 0 spiro atoms. The summed E-state index contributed by atoms with van der Waals surface area (Å²) in [5.41, 5.74) is -2.33. The number of hydrogen-bond donors (Lipinski definition) is 4. The second-order valence-electron chi connectivity index (χ2n) is 12.5. The Morgan fingerprint density at radius 2 is 1.74 bits per heavy atom. The van der Waals surface area contributed by atoms with Crippen molar-refractivity contribution in [1.82, 2.24) is 15.5 Å². The zero-order valence-electron chi connectivity index (χ0n) is 26.1. The Kier molecular flexibility index (Phi) is 12.7. The van der Waals surface area contributed by atoms with Crippen LogP contribution in [0.25, 0.3) is 0 Å². The van der Waals surface area contributed by atoms with Gasteiger partial charge in [-0.25, -0.2) is 9.59 Å². The molecule has 1 aromatic rings. The average molecular weight is 628 g/mol. The first-order valence-corrected chi connectivity index (χ1v) is 14.8. The minimum Gasteiger partial charge on any atom is -0.428 e. The molecule has 0 radical (unpaired) electrons. The van der Waals surface area contributed by atoms with E-state index in [4.69, 9.17) is 25.8 Å². The number of piperidine rings is 1. The first-order chi connectivity index (χ1) is 19.9. The lowest BCUT2D eigenvalue weighted by atomic mass is 9.66. The number of carbonyl (C=O) groups excluding carboxylic acids is 4. The van der Waals surface area contributed by atoms with E-state index in [9.17, 15) is 29.4 Å². The van der Waals surface area contributed by atoms with Crippen LogP contribution in [0.5, 0.6) is 0 Å². The van der Waals surface area contributed by atoms with Crippen molar-refractivity contribution in [2.45, 2.75) is 91.1 Å². The van der Waals surface area contributed by atoms with E-state index < -0.39 is 53.7 Å². The molecule has 1 heterocycles. The number of rotatable bonds is 12. The van der Waals surface area contributed by atoms with Crippen molar-refractivity contribution < 1.29 is 43.6 Å². The number of nitrogens with zero attached hydrogens (tertiary/aromatic N) is 1. The predicted molar refractivity (Wildman–Crippen MR) is 159 cm³/mol. The van der Waals surface area contributed by atoms with Crippen molar-refractivity contribution in [3.8, 4) is 0 Å². The SMILES string of the molecule is CCC(O)CC(=O)OCOC(=O)OC(C)(C)CNC(=O)NC(C(=O)N1CC[C@](O)(c2ccc(Cl)cc2)C(C)(C)C1)C(C)C. The highest BCUT2D eigenvalue weighted by Crippen LogP contribution is 2.46. The number of carbonyl (C=O) groups is 4. The van der Waals surface area contributed by atoms with E-state index in [1.54, 1.807) is 49.9 Å². The monoisotopic (exact) mass is 627 g/mol. The molecule has 1 aromatic carbocycles. The lowest BCUT2D eigenvalue weighted by Gasteiger charge is -2.51. The molecule has 0 aliphatic carbocycles. The zero-order valence-corrected chi connectivity index (χ0v) is 26.8. The molecule has 2 unspecified atom stereocenters. The van der Waals surface area contributed by atoms with Crippen molar-refractivity contribution in [2.75, 3.05) is 26.4 Å². The molecule has 0 bridgehead atoms. The molecule has 242 valence electrons. The molecule has 1 saturated heterocycles. The minimum absolute atomic E-state index is 0.111. The maximum Gasteiger partial charge on any atom is 0.511 e. The number of halogens is 1. The Bertz CT molecular complexity index is 1130. The molecule has 12 nitrogen and oxygen atoms in total. The van der Waals surface area contributed by atoms with Crippen molar-refractivity contribution in [3.63, 3.8) is 0 Å². The number of benzene rings is 1. The van der Waals surface area contributed by atoms with E-state index in [0.29, 0.717) is 24.4 Å². The van der Waals surface area contributed by atoms with Crippen LogP contribution in [0.1, 0.15) is 73.3 Å². The van der Waals surface area contributed by atoms with E-state index in [-0.39, 0.29) is 31.3 Å². The van der Waals surface area contributed by atoms with Crippen LogP contribution in [0.15, 0.2) is 24.3 Å². The third-order valence-corrected chi connectivity index (χ3v) is 7.86. The molecule has 0 aromatic heterocycles. The molecule has 1 fully saturated rings. The fraction of sp³-hybridized carbons (Fsp3) is 0.667. The van der Waals surface area contributed by atoms with Gasteiger partial charge in [0.05, 0.1) is 24.7 Å². The van der Waals surface area contributed by atoms with E-state index >= 15 is 0 Å². The molecule has 2 rings (SSSR count). The summed E-state index contributed by atoms with van der Waals surface area (Å²) in [5, 5.41) is 27.0. The number of nitrogens with one attached hydrogen (secondary N) is 2. The van der Waals surface area contributed by atoms with Crippen LogP contribution in [0.4, 0.5) is 9.59 Å². The van der Waals surface area contributed by atoms with Crippen LogP contribution >= 0.6 is 11.6 Å². The van der Waals surface area contributed by atoms with Crippen molar-refractivity contribution >= 4 is 35.7 Å². The van der Waals surface area contributed by atoms with Crippen LogP contribution in [0, 0.1) is 11.3 Å². The highest BCUT2D eigenvalue weighted by molar-refractivity contribution is 6.30. The summed E-state index contributed by atoms with van der Waals surface area (Å²) >= 11 is 6.03. The van der Waals surface area contributed by atoms with Gasteiger partial charge in [-0.05, 0) is 50.3 Å². The second-order valence-corrected chi connectivity index (χ2v) is 12.9. The lowest BCUT2D eigenvalue weighted by molar-refractivity contribution is -0.157. The quantitative estimate of drug-likeness (QED) is 0.200. The molecule has 3 atom stereocenters. The standard InChI is InChI=1S/C30H46ClN3O9/c1-8-22(35)15-23(36)41-18-42-27(39)43-29(6,7)16-32-26(38)33-24(19(2)3)25(37)34-14-13-30(40,28(4,5)17-34)20-9-11-21(31)12-10-20/h9-12,19,22,24,35,40H,8,13-18H2,1-7H3,(H2,32,33,38)/t22?,24?,30-/m0/s1. The number of esters is 1. The highest BCUT2D eigenvalue weighted by atomic mass is 35.5. The smallest absolute Gasteiger partial charge is 0.428 e. The Balaban J connectivity index is 1.90. The van der Waals surface area contributed by atoms with Gasteiger partial charge in [0.25, 0.3) is 0 Å². The van der Waals surface area contributed by atoms with Gasteiger partial charge in [0.2, 0.25) is 12.7 Å². The van der Waals surface area contributed by atoms with Crippen LogP contribution in [-0.4, -0.2) is 83.3 Å². The van der Waals surface area contributed by atoms with E-state index in [1.165, 1.54) is 0 Å². The first-order valence-electron chi connectivity index (χ1n) is 14.4. The third kappa shape index (κ3) is 10.3. The van der Waals surface area contributed by atoms with Gasteiger partial charge < -0.3 is 40.0 Å². The molecule has 0 saturated carbocycles. The van der Waals surface area contributed by atoms with Crippen LogP contribution in [0.2, 0.25) is 5.02 Å². The first kappa shape index (κ1) is 36.1. The molecular formula is C30H46ClN3O9. The summed E-state index contributed by atoms with van der Waals surface area (Å²) in [6.07, 6.45) is -1.48. The predicted octanol–water partition coefficient (Wildman–Crippen LogP) is 3.70. The summed E-state index contributed by atoms with van der Waals surface area (Å²) < 4.78 is 14.7. The highest BCUT2D eigenvalue weighted by Gasteiger charge is 2.50. The van der Waals surface area contributed by atoms with Gasteiger partial charge in [0.15, 0.2) is 0 Å². The number of aliphatic hydroxyl groups excluding tert-OH is 1. The Hall–Kier alpha value is -3.09. The van der Waals surface area contributed by atoms with Gasteiger partial charge in [0.1, 0.15) is 11.6 Å². The van der Waals surface area contributed by atoms with Gasteiger partial charge >= 0.3 is 18.2 Å². The number of ether oxygens (including phenoxy) is 3. The third-order valence-electron chi connectivity index (χ3n) is 7.61. The van der Waals surface area contributed by atoms with Crippen molar-refractivity contribution in [2.24, 2.45) is 11.3 Å². The van der Waals surface area contributed by atoms with E-state index in [0.717, 1.165) is 5.56 Å². The Labute approximate surface area is 258 Å². The summed E-state index contributed by atoms with van der Waals surface area (Å²) in [6.45, 7) is 12.0. The number of hydrogen-bond acceptors (Lipinski definition) is 9. The van der Waals surface area contributed by atoms with Gasteiger partial charge in [-0.15, -0.1) is 0 Å². The maximum absolute atomic E-state index is 13.6. The zero-order chi connectivity index (χ0) is 32.6. The second kappa shape index (κ2) is 15.1. The molecule has 1 aliphatic heterocycles. The molecule has 3 amide bonds. The summed E-state index contributed by atoms with van der Waals surface area (Å²) in [5.74, 6) is -1.23. The average Bonchev–Trinajstić information content (AvgIpc) is 2.91. The largest absolute Gasteiger partial charge is 0.511 e. The van der Waals surface area contributed by atoms with Crippen LogP contribution in [-0.2, 0) is 29.4 Å². The molecular weight excluding hydrogens is 582 g/mol. The maximum atomic E-state index is 13.6. The van der Waals surface area contributed by atoms with Crippen LogP contribution < -0.4 is 10.6 Å². The molecule has 4 N–H and O–H groups in total. The topological polar surface area (TPSA) is 164 Å². The van der Waals surface area contributed by atoms with Gasteiger partial charge in [0, 0.05) is 23.5 Å². The Morgan fingerprint density at radius 3 is 2.30 bits per heavy atom. The minimum atomic E-state index is -1.20. The lowest BCUT2D eigenvalue weighted by Crippen LogP contribution is -2.61. The van der Waals surface area contributed by atoms with Crippen molar-refractivity contribution in [3.05, 3.63) is 34.9 Å². The van der Waals surface area contributed by atoms with Gasteiger partial charge in [-0.2, -0.15) is 0 Å². The fourth-order valence-corrected chi connectivity index (χ4v) is 4.92. The summed E-state index contributed by atoms with van der Waals surface area (Å²) in [6, 6.07) is 5.58. The number of amides is 3. The van der Waals surface area contributed by atoms with Gasteiger partial charge in [-0.3, -0.25) is 9.59 Å². The number of urea groups is 1. The van der Waals surface area contributed by atoms with E-state index in [1.807, 2.05) is 27.7 Å². The normalized spacial score (nSPS) is 19.7. The van der Waals surface area contributed by atoms with Gasteiger partial charge in [-0.1, -0.05) is 58.4 Å². The number of likely N-dealkylation sites (tertiary alicyclic amines) is 1. The van der Waals surface area contributed by atoms with Crippen molar-refractivity contribution in [1.29, 1.82) is 0 Å². The molecule has 1 aliphatic rings. The fourth-order valence-electron chi connectivity index (χ4n) is 4.80. The molecule has 43 heavy (non-hydrogen) atoms. The number of aliphatic hydroxyl groups is 2.